The van der Waals surface area contributed by atoms with Crippen LogP contribution >= 0.6 is 0 Å². The van der Waals surface area contributed by atoms with Crippen LogP contribution in [-0.2, 0) is 11.3 Å². The highest BCUT2D eigenvalue weighted by atomic mass is 16.5. The van der Waals surface area contributed by atoms with Gasteiger partial charge < -0.3 is 15.0 Å². The molecule has 2 unspecified atom stereocenters. The van der Waals surface area contributed by atoms with Crippen LogP contribution in [0.3, 0.4) is 0 Å². The summed E-state index contributed by atoms with van der Waals surface area (Å²) in [4.78, 5) is 14.7. The second-order valence-electron chi connectivity index (χ2n) is 7.80. The average molecular weight is 330 g/mol. The molecule has 1 heterocycles. The summed E-state index contributed by atoms with van der Waals surface area (Å²) in [6.45, 7) is 8.23. The Morgan fingerprint density at radius 1 is 1.25 bits per heavy atom. The molecule has 2 aliphatic rings. The van der Waals surface area contributed by atoms with Crippen molar-refractivity contribution in [3.63, 3.8) is 0 Å². The fraction of sp³-hybridized carbons (Fsp3) is 0.650. The molecule has 4 heteroatoms. The fourth-order valence-corrected chi connectivity index (χ4v) is 3.57. The van der Waals surface area contributed by atoms with Gasteiger partial charge in [0.15, 0.2) is 0 Å². The molecule has 1 N–H and O–H groups in total. The van der Waals surface area contributed by atoms with E-state index in [1.165, 1.54) is 25.9 Å². The molecule has 0 radical (unpaired) electrons. The summed E-state index contributed by atoms with van der Waals surface area (Å²) < 4.78 is 5.39. The molecule has 0 bridgehead atoms. The lowest BCUT2D eigenvalue weighted by molar-refractivity contribution is 0.0955. The van der Waals surface area contributed by atoms with Gasteiger partial charge in [-0.2, -0.15) is 0 Å². The number of amides is 1. The maximum Gasteiger partial charge on any atom is 0.407 e. The Balaban J connectivity index is 1.49. The molecule has 1 saturated carbocycles. The number of benzene rings is 1. The highest BCUT2D eigenvalue weighted by Crippen LogP contribution is 2.32. The van der Waals surface area contributed by atoms with Crippen LogP contribution in [-0.4, -0.2) is 36.7 Å². The highest BCUT2D eigenvalue weighted by Gasteiger charge is 2.33. The molecule has 2 atom stereocenters. The van der Waals surface area contributed by atoms with E-state index >= 15 is 0 Å². The lowest BCUT2D eigenvalue weighted by atomic mass is 9.85. The minimum Gasteiger partial charge on any atom is -0.445 e. The Hall–Kier alpha value is -1.55. The zero-order chi connectivity index (χ0) is 16.9. The van der Waals surface area contributed by atoms with E-state index in [0.29, 0.717) is 18.4 Å². The zero-order valence-electron chi connectivity index (χ0n) is 14.9. The van der Waals surface area contributed by atoms with Gasteiger partial charge in [-0.25, -0.2) is 4.79 Å². The second-order valence-corrected chi connectivity index (χ2v) is 7.80. The predicted octanol–water partition coefficient (Wildman–Crippen LogP) is 3.67. The van der Waals surface area contributed by atoms with Crippen molar-refractivity contribution in [1.82, 2.24) is 10.2 Å². The standard InChI is InChI=1S/C20H30N2O2/c1-15(2)18-10-19(13-22(12-18)11-16-8-9-16)21-20(23)24-14-17-6-4-3-5-7-17/h3-7,15-16,18-19H,8-14H2,1-2H3,(H,21,23). The number of carbonyl (C=O) groups is 1. The summed E-state index contributed by atoms with van der Waals surface area (Å²) >= 11 is 0. The molecule has 1 amide bonds. The molecule has 1 aromatic rings. The van der Waals surface area contributed by atoms with E-state index in [1.807, 2.05) is 30.3 Å². The van der Waals surface area contributed by atoms with Crippen LogP contribution in [0.5, 0.6) is 0 Å². The number of nitrogens with one attached hydrogen (secondary N) is 1. The molecule has 24 heavy (non-hydrogen) atoms. The minimum absolute atomic E-state index is 0.202. The van der Waals surface area contributed by atoms with Crippen LogP contribution in [0.15, 0.2) is 30.3 Å². The molecule has 0 aromatic heterocycles. The number of piperidine rings is 1. The number of nitrogens with zero attached hydrogens (tertiary/aromatic N) is 1. The first-order valence-electron chi connectivity index (χ1n) is 9.29. The molecule has 1 saturated heterocycles. The van der Waals surface area contributed by atoms with Crippen molar-refractivity contribution in [2.75, 3.05) is 19.6 Å². The zero-order valence-corrected chi connectivity index (χ0v) is 14.9. The van der Waals surface area contributed by atoms with Crippen molar-refractivity contribution in [1.29, 1.82) is 0 Å². The lowest BCUT2D eigenvalue weighted by Gasteiger charge is -2.39. The molecular formula is C20H30N2O2. The Bertz CT molecular complexity index is 528. The molecule has 1 aliphatic carbocycles. The third kappa shape index (κ3) is 5.23. The summed E-state index contributed by atoms with van der Waals surface area (Å²) in [5, 5.41) is 3.09. The van der Waals surface area contributed by atoms with E-state index < -0.39 is 0 Å². The van der Waals surface area contributed by atoms with Gasteiger partial charge in [0.05, 0.1) is 0 Å². The maximum absolute atomic E-state index is 12.2. The highest BCUT2D eigenvalue weighted by molar-refractivity contribution is 5.67. The van der Waals surface area contributed by atoms with Crippen LogP contribution in [0.25, 0.3) is 0 Å². The van der Waals surface area contributed by atoms with Crippen molar-refractivity contribution < 1.29 is 9.53 Å². The fourth-order valence-electron chi connectivity index (χ4n) is 3.57. The van der Waals surface area contributed by atoms with E-state index in [0.717, 1.165) is 24.4 Å². The first-order chi connectivity index (χ1) is 11.6. The topological polar surface area (TPSA) is 41.6 Å². The molecule has 1 aliphatic heterocycles. The van der Waals surface area contributed by atoms with Gasteiger partial charge in [-0.15, -0.1) is 0 Å². The third-order valence-electron chi connectivity index (χ3n) is 5.25. The quantitative estimate of drug-likeness (QED) is 0.865. The van der Waals surface area contributed by atoms with Gasteiger partial charge in [-0.05, 0) is 42.6 Å². The van der Waals surface area contributed by atoms with Gasteiger partial charge in [0.1, 0.15) is 6.61 Å². The van der Waals surface area contributed by atoms with Crippen LogP contribution in [0, 0.1) is 17.8 Å². The smallest absolute Gasteiger partial charge is 0.407 e. The van der Waals surface area contributed by atoms with Gasteiger partial charge in [0, 0.05) is 25.7 Å². The molecule has 2 fully saturated rings. The summed E-state index contributed by atoms with van der Waals surface area (Å²) in [5.41, 5.74) is 1.02. The number of carbonyl (C=O) groups excluding carboxylic acids is 1. The van der Waals surface area contributed by atoms with Crippen molar-refractivity contribution in [2.45, 2.75) is 45.8 Å². The second kappa shape index (κ2) is 8.02. The normalized spacial score (nSPS) is 24.8. The monoisotopic (exact) mass is 330 g/mol. The van der Waals surface area contributed by atoms with E-state index in [-0.39, 0.29) is 12.1 Å². The number of alkyl carbamates (subject to hydrolysis) is 1. The third-order valence-corrected chi connectivity index (χ3v) is 5.25. The van der Waals surface area contributed by atoms with E-state index in [2.05, 4.69) is 24.1 Å². The Morgan fingerprint density at radius 3 is 2.67 bits per heavy atom. The number of ether oxygens (including phenoxy) is 1. The number of hydrogen-bond acceptors (Lipinski definition) is 3. The Labute approximate surface area is 145 Å². The summed E-state index contributed by atoms with van der Waals surface area (Å²) in [7, 11) is 0. The van der Waals surface area contributed by atoms with E-state index in [1.54, 1.807) is 0 Å². The largest absolute Gasteiger partial charge is 0.445 e. The van der Waals surface area contributed by atoms with Gasteiger partial charge in [-0.3, -0.25) is 0 Å². The molecular weight excluding hydrogens is 300 g/mol. The van der Waals surface area contributed by atoms with Crippen LogP contribution in [0.2, 0.25) is 0 Å². The molecule has 1 aromatic carbocycles. The van der Waals surface area contributed by atoms with Crippen molar-refractivity contribution in [3.05, 3.63) is 35.9 Å². The molecule has 132 valence electrons. The molecule has 0 spiro atoms. The number of likely N-dealkylation sites (tertiary alicyclic amines) is 1. The van der Waals surface area contributed by atoms with Crippen LogP contribution < -0.4 is 5.32 Å². The van der Waals surface area contributed by atoms with Crippen molar-refractivity contribution in [2.24, 2.45) is 17.8 Å². The number of hydrogen-bond donors (Lipinski definition) is 1. The van der Waals surface area contributed by atoms with Crippen LogP contribution in [0.4, 0.5) is 4.79 Å². The Kier molecular flexibility index (Phi) is 5.77. The van der Waals surface area contributed by atoms with E-state index in [4.69, 9.17) is 4.74 Å². The minimum atomic E-state index is -0.292. The van der Waals surface area contributed by atoms with Crippen LogP contribution in [0.1, 0.15) is 38.7 Å². The van der Waals surface area contributed by atoms with Gasteiger partial charge in [0.25, 0.3) is 0 Å². The van der Waals surface area contributed by atoms with Crippen molar-refractivity contribution >= 4 is 6.09 Å². The first kappa shape index (κ1) is 17.3. The number of rotatable bonds is 6. The average Bonchev–Trinajstić information content (AvgIpc) is 3.37. The summed E-state index contributed by atoms with van der Waals surface area (Å²) in [6.07, 6.45) is 3.51. The lowest BCUT2D eigenvalue weighted by Crippen LogP contribution is -2.52. The Morgan fingerprint density at radius 2 is 2.00 bits per heavy atom. The first-order valence-corrected chi connectivity index (χ1v) is 9.29. The summed E-state index contributed by atoms with van der Waals surface area (Å²) in [5.74, 6) is 2.19. The van der Waals surface area contributed by atoms with E-state index in [9.17, 15) is 4.79 Å². The maximum atomic E-state index is 12.2. The molecule has 4 nitrogen and oxygen atoms in total. The predicted molar refractivity (Wildman–Crippen MR) is 95.7 cm³/mol. The SMILES string of the molecule is CC(C)C1CC(NC(=O)OCc2ccccc2)CN(CC2CC2)C1. The summed E-state index contributed by atoms with van der Waals surface area (Å²) in [6, 6.07) is 10.0. The van der Waals surface area contributed by atoms with Gasteiger partial charge in [-0.1, -0.05) is 44.2 Å². The van der Waals surface area contributed by atoms with Crippen molar-refractivity contribution in [3.8, 4) is 0 Å². The molecule has 3 rings (SSSR count). The van der Waals surface area contributed by atoms with Gasteiger partial charge >= 0.3 is 6.09 Å². The van der Waals surface area contributed by atoms with Gasteiger partial charge in [0.2, 0.25) is 0 Å².